The first-order chi connectivity index (χ1) is 18.5. The molecule has 1 heterocycles. The van der Waals surface area contributed by atoms with Gasteiger partial charge in [-0.2, -0.15) is 0 Å². The highest BCUT2D eigenvalue weighted by molar-refractivity contribution is 6.07. The highest BCUT2D eigenvalue weighted by Crippen LogP contribution is 2.60. The predicted molar refractivity (Wildman–Crippen MR) is 146 cm³/mol. The molecule has 1 aliphatic heterocycles. The van der Waals surface area contributed by atoms with Crippen LogP contribution in [0.25, 0.3) is 0 Å². The number of nitrogens with zero attached hydrogens (tertiary/aromatic N) is 2. The summed E-state index contributed by atoms with van der Waals surface area (Å²) in [7, 11) is 5.37. The smallest absolute Gasteiger partial charge is 0.234 e. The number of hydrogen-bond donors (Lipinski definition) is 0. The van der Waals surface area contributed by atoms with E-state index in [1.807, 2.05) is 36.4 Å². The molecule has 38 heavy (non-hydrogen) atoms. The number of ether oxygens (including phenoxy) is 2. The van der Waals surface area contributed by atoms with Gasteiger partial charge in [0.2, 0.25) is 11.8 Å². The maximum absolute atomic E-state index is 13.7. The molecule has 2 amide bonds. The summed E-state index contributed by atoms with van der Waals surface area (Å²) < 4.78 is 10.7. The van der Waals surface area contributed by atoms with E-state index >= 15 is 0 Å². The second-order valence-corrected chi connectivity index (χ2v) is 10.7. The predicted octanol–water partition coefficient (Wildman–Crippen LogP) is 4.46. The van der Waals surface area contributed by atoms with Crippen LogP contribution in [-0.4, -0.2) is 62.5 Å². The molecule has 0 N–H and O–H groups in total. The van der Waals surface area contributed by atoms with Crippen LogP contribution in [-0.2, 0) is 16.0 Å². The molecule has 0 unspecified atom stereocenters. The minimum Gasteiger partial charge on any atom is -0.493 e. The van der Waals surface area contributed by atoms with Gasteiger partial charge in [0, 0.05) is 24.9 Å². The molecule has 2 atom stereocenters. The molecule has 6 nitrogen and oxygen atoms in total. The fraction of sp³-hybridized carbons (Fsp3) is 0.375. The molecule has 0 aromatic heterocycles. The van der Waals surface area contributed by atoms with E-state index in [0.29, 0.717) is 6.54 Å². The van der Waals surface area contributed by atoms with E-state index in [-0.39, 0.29) is 35.5 Å². The van der Waals surface area contributed by atoms with Gasteiger partial charge >= 0.3 is 0 Å². The van der Waals surface area contributed by atoms with Gasteiger partial charge in [0.25, 0.3) is 0 Å². The fourth-order valence-electron chi connectivity index (χ4n) is 6.93. The average molecular weight is 511 g/mol. The summed E-state index contributed by atoms with van der Waals surface area (Å²) >= 11 is 0. The Morgan fingerprint density at radius 1 is 0.737 bits per heavy atom. The molecule has 7 rings (SSSR count). The van der Waals surface area contributed by atoms with E-state index in [2.05, 4.69) is 42.3 Å². The molecule has 0 spiro atoms. The quantitative estimate of drug-likeness (QED) is 0.398. The lowest BCUT2D eigenvalue weighted by atomic mass is 9.55. The molecule has 0 radical (unpaired) electrons. The van der Waals surface area contributed by atoms with Gasteiger partial charge in [-0.15, -0.1) is 0 Å². The maximum atomic E-state index is 13.7. The third kappa shape index (κ3) is 3.90. The molecular formula is C32H34N2O4. The Morgan fingerprint density at radius 2 is 1.26 bits per heavy atom. The van der Waals surface area contributed by atoms with E-state index in [1.165, 1.54) is 27.8 Å². The first-order valence-electron chi connectivity index (χ1n) is 13.5. The summed E-state index contributed by atoms with van der Waals surface area (Å²) in [5, 5.41) is 0. The highest BCUT2D eigenvalue weighted by Gasteiger charge is 2.61. The van der Waals surface area contributed by atoms with Crippen LogP contribution in [0.1, 0.15) is 46.1 Å². The highest BCUT2D eigenvalue weighted by atomic mass is 16.5. The van der Waals surface area contributed by atoms with E-state index in [1.54, 1.807) is 19.1 Å². The van der Waals surface area contributed by atoms with Crippen molar-refractivity contribution in [3.63, 3.8) is 0 Å². The van der Waals surface area contributed by atoms with Crippen molar-refractivity contribution in [2.75, 3.05) is 40.9 Å². The SMILES string of the molecule is COc1ccc(CCN(C)CCCN2C(=O)[C@@H]3C4c5ccccc5C(c5ccccc54)[C@@H]3C2=O)cc1OC. The van der Waals surface area contributed by atoms with Gasteiger partial charge in [-0.1, -0.05) is 54.6 Å². The van der Waals surface area contributed by atoms with Crippen LogP contribution in [0.5, 0.6) is 11.5 Å². The number of likely N-dealkylation sites (tertiary alicyclic amines) is 1. The van der Waals surface area contributed by atoms with Crippen LogP contribution in [0.2, 0.25) is 0 Å². The number of likely N-dealkylation sites (N-methyl/N-ethyl adjacent to an activating group) is 1. The number of rotatable bonds is 9. The number of carbonyl (C=O) groups is 2. The van der Waals surface area contributed by atoms with Gasteiger partial charge < -0.3 is 14.4 Å². The van der Waals surface area contributed by atoms with Crippen molar-refractivity contribution >= 4 is 11.8 Å². The van der Waals surface area contributed by atoms with Gasteiger partial charge in [-0.05, 0) is 66.4 Å². The summed E-state index contributed by atoms with van der Waals surface area (Å²) in [6.07, 6.45) is 1.64. The topological polar surface area (TPSA) is 59.1 Å². The summed E-state index contributed by atoms with van der Waals surface area (Å²) in [6.45, 7) is 2.15. The first-order valence-corrected chi connectivity index (χ1v) is 13.5. The lowest BCUT2D eigenvalue weighted by molar-refractivity contribution is -0.140. The third-order valence-electron chi connectivity index (χ3n) is 8.69. The van der Waals surface area contributed by atoms with Crippen molar-refractivity contribution in [3.8, 4) is 11.5 Å². The van der Waals surface area contributed by atoms with Gasteiger partial charge in [0.1, 0.15) is 0 Å². The summed E-state index contributed by atoms with van der Waals surface area (Å²) in [4.78, 5) is 31.3. The van der Waals surface area contributed by atoms with Crippen LogP contribution < -0.4 is 9.47 Å². The van der Waals surface area contributed by atoms with Crippen molar-refractivity contribution in [1.82, 2.24) is 9.80 Å². The Hall–Kier alpha value is -3.64. The largest absolute Gasteiger partial charge is 0.493 e. The number of hydrogen-bond acceptors (Lipinski definition) is 5. The third-order valence-corrected chi connectivity index (χ3v) is 8.69. The molecule has 3 aromatic rings. The lowest BCUT2D eigenvalue weighted by Gasteiger charge is -2.45. The molecular weight excluding hydrogens is 476 g/mol. The fourth-order valence-corrected chi connectivity index (χ4v) is 6.93. The molecule has 3 aliphatic carbocycles. The van der Waals surface area contributed by atoms with Crippen LogP contribution in [0.3, 0.4) is 0 Å². The van der Waals surface area contributed by atoms with Gasteiger partial charge in [0.15, 0.2) is 11.5 Å². The van der Waals surface area contributed by atoms with E-state index in [0.717, 1.165) is 37.4 Å². The van der Waals surface area contributed by atoms with Crippen molar-refractivity contribution in [2.24, 2.45) is 11.8 Å². The molecule has 1 saturated heterocycles. The maximum Gasteiger partial charge on any atom is 0.234 e. The monoisotopic (exact) mass is 510 g/mol. The molecule has 6 heteroatoms. The van der Waals surface area contributed by atoms with Crippen molar-refractivity contribution in [1.29, 1.82) is 0 Å². The van der Waals surface area contributed by atoms with Crippen LogP contribution in [0, 0.1) is 11.8 Å². The molecule has 2 bridgehead atoms. The number of methoxy groups -OCH3 is 2. The summed E-state index contributed by atoms with van der Waals surface area (Å²) in [6, 6.07) is 22.8. The normalized spacial score (nSPS) is 22.9. The number of imide groups is 1. The molecule has 4 aliphatic rings. The molecule has 196 valence electrons. The minimum atomic E-state index is -0.292. The standard InChI is InChI=1S/C32H34N2O4/c1-33(18-15-20-13-14-25(37-2)26(19-20)38-3)16-8-17-34-31(35)29-27-21-9-4-5-10-22(21)28(30(29)32(34)36)24-12-7-6-11-23(24)27/h4-7,9-14,19,27-30H,8,15-18H2,1-3H3/t27?,28?,29-,30+. The zero-order valence-electron chi connectivity index (χ0n) is 22.2. The first kappa shape index (κ1) is 24.7. The Kier molecular flexibility index (Phi) is 6.44. The van der Waals surface area contributed by atoms with Crippen LogP contribution >= 0.6 is 0 Å². The summed E-state index contributed by atoms with van der Waals surface area (Å²) in [5.74, 6) is 0.813. The van der Waals surface area contributed by atoms with Gasteiger partial charge in [-0.25, -0.2) is 0 Å². The lowest BCUT2D eigenvalue weighted by Crippen LogP contribution is -2.41. The van der Waals surface area contributed by atoms with Crippen molar-refractivity contribution in [3.05, 3.63) is 94.5 Å². The number of carbonyl (C=O) groups excluding carboxylic acids is 2. The number of amides is 2. The zero-order chi connectivity index (χ0) is 26.4. The van der Waals surface area contributed by atoms with Gasteiger partial charge in [-0.3, -0.25) is 14.5 Å². The Labute approximate surface area is 224 Å². The van der Waals surface area contributed by atoms with Crippen LogP contribution in [0.4, 0.5) is 0 Å². The zero-order valence-corrected chi connectivity index (χ0v) is 22.2. The second-order valence-electron chi connectivity index (χ2n) is 10.7. The van der Waals surface area contributed by atoms with E-state index in [4.69, 9.17) is 9.47 Å². The Bertz CT molecular complexity index is 1270. The van der Waals surface area contributed by atoms with Crippen molar-refractivity contribution < 1.29 is 19.1 Å². The number of benzene rings is 3. The van der Waals surface area contributed by atoms with E-state index in [9.17, 15) is 9.59 Å². The minimum absolute atomic E-state index is 0.00647. The summed E-state index contributed by atoms with van der Waals surface area (Å²) in [5.41, 5.74) is 6.05. The van der Waals surface area contributed by atoms with Gasteiger partial charge in [0.05, 0.1) is 26.1 Å². The Balaban J connectivity index is 1.11. The molecule has 3 aromatic carbocycles. The van der Waals surface area contributed by atoms with Crippen molar-refractivity contribution in [2.45, 2.75) is 24.7 Å². The average Bonchev–Trinajstić information content (AvgIpc) is 3.21. The molecule has 1 fully saturated rings. The van der Waals surface area contributed by atoms with Crippen LogP contribution in [0.15, 0.2) is 66.7 Å². The van der Waals surface area contributed by atoms with E-state index < -0.39 is 0 Å². The Morgan fingerprint density at radius 3 is 1.76 bits per heavy atom. The molecule has 0 saturated carbocycles. The second kappa shape index (κ2) is 9.91.